The maximum absolute atomic E-state index is 13.0. The number of carbonyl (C=O) groups excluding carboxylic acids is 1. The Hall–Kier alpha value is -2.99. The molecule has 0 aliphatic rings. The van der Waals surface area contributed by atoms with Crippen LogP contribution in [0.3, 0.4) is 0 Å². The van der Waals surface area contributed by atoms with Gasteiger partial charge < -0.3 is 14.7 Å². The van der Waals surface area contributed by atoms with Gasteiger partial charge in [-0.25, -0.2) is 0 Å². The van der Waals surface area contributed by atoms with Crippen LogP contribution in [0.25, 0.3) is 10.9 Å². The predicted octanol–water partition coefficient (Wildman–Crippen LogP) is 2.80. The van der Waals surface area contributed by atoms with Gasteiger partial charge in [0.15, 0.2) is 5.75 Å². The summed E-state index contributed by atoms with van der Waals surface area (Å²) >= 11 is 0. The summed E-state index contributed by atoms with van der Waals surface area (Å²) in [6.45, 7) is 0.297. The highest BCUT2D eigenvalue weighted by Crippen LogP contribution is 2.29. The monoisotopic (exact) mass is 337 g/mol. The lowest BCUT2D eigenvalue weighted by Crippen LogP contribution is -2.34. The van der Waals surface area contributed by atoms with Crippen molar-refractivity contribution in [2.45, 2.75) is 6.04 Å². The van der Waals surface area contributed by atoms with Crippen molar-refractivity contribution in [2.75, 3.05) is 20.8 Å². The molecular weight excluding hydrogens is 318 g/mol. The molecule has 6 nitrogen and oxygen atoms in total. The van der Waals surface area contributed by atoms with E-state index in [-0.39, 0.29) is 23.3 Å². The van der Waals surface area contributed by atoms with E-state index in [2.05, 4.69) is 9.97 Å². The second-order valence-electron chi connectivity index (χ2n) is 5.68. The first-order chi connectivity index (χ1) is 12.1. The third-order valence-electron chi connectivity index (χ3n) is 4.12. The first-order valence-electron chi connectivity index (χ1n) is 7.87. The van der Waals surface area contributed by atoms with Gasteiger partial charge in [0.05, 0.1) is 23.9 Å². The second-order valence-corrected chi connectivity index (χ2v) is 5.68. The van der Waals surface area contributed by atoms with Crippen LogP contribution in [0.15, 0.2) is 54.9 Å². The maximum atomic E-state index is 13.0. The SMILES string of the molecule is COCC(c1ccccn1)N(C)C(=O)c1ccc2cccnc2c1O. The molecule has 1 aromatic carbocycles. The molecule has 0 saturated heterocycles. The number of fused-ring (bicyclic) bond motifs is 1. The van der Waals surface area contributed by atoms with Gasteiger partial charge >= 0.3 is 0 Å². The minimum absolute atomic E-state index is 0.118. The Morgan fingerprint density at radius 3 is 2.68 bits per heavy atom. The van der Waals surface area contributed by atoms with Crippen molar-refractivity contribution in [1.29, 1.82) is 0 Å². The van der Waals surface area contributed by atoms with Crippen LogP contribution in [0, 0.1) is 0 Å². The van der Waals surface area contributed by atoms with Crippen LogP contribution < -0.4 is 0 Å². The number of pyridine rings is 2. The highest BCUT2D eigenvalue weighted by atomic mass is 16.5. The van der Waals surface area contributed by atoms with E-state index in [1.165, 1.54) is 4.90 Å². The molecule has 3 aromatic rings. The van der Waals surface area contributed by atoms with Crippen molar-refractivity contribution < 1.29 is 14.6 Å². The van der Waals surface area contributed by atoms with Crippen molar-refractivity contribution in [3.8, 4) is 5.75 Å². The zero-order valence-corrected chi connectivity index (χ0v) is 14.1. The molecule has 1 N–H and O–H groups in total. The average molecular weight is 337 g/mol. The molecule has 25 heavy (non-hydrogen) atoms. The van der Waals surface area contributed by atoms with Crippen molar-refractivity contribution in [2.24, 2.45) is 0 Å². The Labute approximate surface area is 145 Å². The van der Waals surface area contributed by atoms with Gasteiger partial charge in [0.25, 0.3) is 5.91 Å². The zero-order valence-electron chi connectivity index (χ0n) is 14.1. The first-order valence-corrected chi connectivity index (χ1v) is 7.87. The molecule has 0 fully saturated rings. The van der Waals surface area contributed by atoms with Crippen LogP contribution in [0.1, 0.15) is 22.1 Å². The molecule has 3 rings (SSSR count). The summed E-state index contributed by atoms with van der Waals surface area (Å²) in [4.78, 5) is 23.0. The number of methoxy groups -OCH3 is 1. The molecule has 0 saturated carbocycles. The summed E-state index contributed by atoms with van der Waals surface area (Å²) in [7, 11) is 3.24. The molecule has 0 spiro atoms. The Kier molecular flexibility index (Phi) is 4.90. The fourth-order valence-electron chi connectivity index (χ4n) is 2.76. The van der Waals surface area contributed by atoms with Gasteiger partial charge in [0.2, 0.25) is 0 Å². The number of hydrogen-bond donors (Lipinski definition) is 1. The molecule has 0 aliphatic heterocycles. The van der Waals surface area contributed by atoms with Crippen LogP contribution in [0.5, 0.6) is 5.75 Å². The molecule has 0 bridgehead atoms. The summed E-state index contributed by atoms with van der Waals surface area (Å²) in [6.07, 6.45) is 3.26. The van der Waals surface area contributed by atoms with E-state index in [0.29, 0.717) is 12.1 Å². The molecule has 6 heteroatoms. The van der Waals surface area contributed by atoms with Crippen LogP contribution >= 0.6 is 0 Å². The van der Waals surface area contributed by atoms with Crippen LogP contribution in [-0.4, -0.2) is 46.6 Å². The lowest BCUT2D eigenvalue weighted by Gasteiger charge is -2.27. The number of aromatic nitrogens is 2. The summed E-state index contributed by atoms with van der Waals surface area (Å²) in [5.74, 6) is -0.440. The van der Waals surface area contributed by atoms with Gasteiger partial charge in [0, 0.05) is 31.9 Å². The summed E-state index contributed by atoms with van der Waals surface area (Å²) in [5, 5.41) is 11.3. The standard InChI is InChI=1S/C19H19N3O3/c1-22(16(12-25-2)15-7-3-4-10-20-15)19(24)14-9-8-13-6-5-11-21-17(13)18(14)23/h3-11,16,23H,12H2,1-2H3. The number of rotatable bonds is 5. The molecule has 1 atom stereocenters. The van der Waals surface area contributed by atoms with Crippen molar-refractivity contribution in [1.82, 2.24) is 14.9 Å². The quantitative estimate of drug-likeness (QED) is 0.775. The summed E-state index contributed by atoms with van der Waals surface area (Å²) in [5.41, 5.74) is 1.33. The molecule has 2 heterocycles. The molecule has 2 aromatic heterocycles. The number of ether oxygens (including phenoxy) is 1. The van der Waals surface area contributed by atoms with E-state index < -0.39 is 0 Å². The number of likely N-dealkylation sites (N-methyl/N-ethyl adjacent to an activating group) is 1. The lowest BCUT2D eigenvalue weighted by atomic mass is 10.1. The van der Waals surface area contributed by atoms with Crippen molar-refractivity contribution in [3.63, 3.8) is 0 Å². The number of nitrogens with zero attached hydrogens (tertiary/aromatic N) is 3. The van der Waals surface area contributed by atoms with Crippen molar-refractivity contribution >= 4 is 16.8 Å². The molecule has 1 unspecified atom stereocenters. The Morgan fingerprint density at radius 1 is 1.16 bits per heavy atom. The normalized spacial score (nSPS) is 12.1. The Bertz CT molecular complexity index is 883. The van der Waals surface area contributed by atoms with Crippen LogP contribution in [-0.2, 0) is 4.74 Å². The number of hydrogen-bond acceptors (Lipinski definition) is 5. The van der Waals surface area contributed by atoms with Gasteiger partial charge in [-0.1, -0.05) is 18.2 Å². The summed E-state index contributed by atoms with van der Waals surface area (Å²) < 4.78 is 5.26. The number of aromatic hydroxyl groups is 1. The number of benzene rings is 1. The molecule has 0 aliphatic carbocycles. The van der Waals surface area contributed by atoms with Gasteiger partial charge in [-0.3, -0.25) is 14.8 Å². The average Bonchev–Trinajstić information content (AvgIpc) is 2.66. The minimum atomic E-state index is -0.363. The molecule has 1 amide bonds. The first kappa shape index (κ1) is 16.9. The summed E-state index contributed by atoms with van der Waals surface area (Å²) in [6, 6.07) is 12.2. The van der Waals surface area contributed by atoms with Crippen molar-refractivity contribution in [3.05, 3.63) is 66.1 Å². The Morgan fingerprint density at radius 2 is 1.96 bits per heavy atom. The van der Waals surface area contributed by atoms with Crippen LogP contribution in [0.2, 0.25) is 0 Å². The molecule has 0 radical (unpaired) electrons. The molecular formula is C19H19N3O3. The third-order valence-corrected chi connectivity index (χ3v) is 4.12. The van der Waals surface area contributed by atoms with E-state index in [1.807, 2.05) is 24.3 Å². The van der Waals surface area contributed by atoms with Gasteiger partial charge in [-0.05, 0) is 24.3 Å². The van der Waals surface area contributed by atoms with Gasteiger partial charge in [-0.2, -0.15) is 0 Å². The minimum Gasteiger partial charge on any atom is -0.505 e. The van der Waals surface area contributed by atoms with E-state index in [9.17, 15) is 9.90 Å². The Balaban J connectivity index is 1.97. The number of amides is 1. The number of phenolic OH excluding ortho intramolecular Hbond substituents is 1. The number of carbonyl (C=O) groups is 1. The lowest BCUT2D eigenvalue weighted by molar-refractivity contribution is 0.0592. The fraction of sp³-hybridized carbons (Fsp3) is 0.211. The van der Waals surface area contributed by atoms with Gasteiger partial charge in [-0.15, -0.1) is 0 Å². The zero-order chi connectivity index (χ0) is 17.8. The predicted molar refractivity (Wildman–Crippen MR) is 94.4 cm³/mol. The highest BCUT2D eigenvalue weighted by molar-refractivity contribution is 6.02. The fourth-order valence-corrected chi connectivity index (χ4v) is 2.76. The van der Waals surface area contributed by atoms with E-state index in [1.54, 1.807) is 44.8 Å². The number of phenols is 1. The maximum Gasteiger partial charge on any atom is 0.258 e. The molecule has 128 valence electrons. The van der Waals surface area contributed by atoms with Gasteiger partial charge in [0.1, 0.15) is 5.52 Å². The second kappa shape index (κ2) is 7.27. The van der Waals surface area contributed by atoms with E-state index >= 15 is 0 Å². The smallest absolute Gasteiger partial charge is 0.258 e. The third kappa shape index (κ3) is 3.29. The topological polar surface area (TPSA) is 75.5 Å². The van der Waals surface area contributed by atoms with Crippen LogP contribution in [0.4, 0.5) is 0 Å². The van der Waals surface area contributed by atoms with E-state index in [4.69, 9.17) is 4.74 Å². The van der Waals surface area contributed by atoms with E-state index in [0.717, 1.165) is 11.1 Å². The largest absolute Gasteiger partial charge is 0.505 e. The highest BCUT2D eigenvalue weighted by Gasteiger charge is 2.26.